The molecule has 2 aromatic rings. The molecule has 1 N–H and O–H groups in total. The summed E-state index contributed by atoms with van der Waals surface area (Å²) in [4.78, 5) is 0. The minimum absolute atomic E-state index is 0.709. The first-order valence-electron chi connectivity index (χ1n) is 5.85. The van der Waals surface area contributed by atoms with E-state index in [9.17, 15) is 0 Å². The summed E-state index contributed by atoms with van der Waals surface area (Å²) < 4.78 is 5.51. The minimum Gasteiger partial charge on any atom is -0.466 e. The van der Waals surface area contributed by atoms with Crippen molar-refractivity contribution >= 4 is 11.3 Å². The van der Waals surface area contributed by atoms with Crippen molar-refractivity contribution in [1.29, 1.82) is 0 Å². The summed E-state index contributed by atoms with van der Waals surface area (Å²) in [5, 5.41) is 13.9. The van der Waals surface area contributed by atoms with E-state index in [0.29, 0.717) is 6.04 Å². The lowest BCUT2D eigenvalue weighted by molar-refractivity contribution is 0.505. The number of nitrogens with one attached hydrogen (secondary N) is 1. The Morgan fingerprint density at radius 2 is 2.24 bits per heavy atom. The minimum atomic E-state index is 0.709. The Morgan fingerprint density at radius 1 is 1.41 bits per heavy atom. The molecule has 1 fully saturated rings. The van der Waals surface area contributed by atoms with Crippen LogP contribution in [0.2, 0.25) is 0 Å². The van der Waals surface area contributed by atoms with E-state index in [0.717, 1.165) is 33.6 Å². The predicted molar refractivity (Wildman–Crippen MR) is 66.9 cm³/mol. The molecule has 0 amide bonds. The van der Waals surface area contributed by atoms with Gasteiger partial charge in [-0.05, 0) is 32.8 Å². The molecule has 2 aromatic heterocycles. The van der Waals surface area contributed by atoms with Crippen LogP contribution in [0.4, 0.5) is 0 Å². The van der Waals surface area contributed by atoms with Crippen molar-refractivity contribution in [3.8, 4) is 10.6 Å². The topological polar surface area (TPSA) is 51.0 Å². The van der Waals surface area contributed by atoms with Gasteiger partial charge in [-0.3, -0.25) is 0 Å². The van der Waals surface area contributed by atoms with Crippen LogP contribution >= 0.6 is 11.3 Å². The van der Waals surface area contributed by atoms with Gasteiger partial charge < -0.3 is 9.73 Å². The van der Waals surface area contributed by atoms with Gasteiger partial charge in [0.2, 0.25) is 0 Å². The van der Waals surface area contributed by atoms with Crippen LogP contribution in [-0.2, 0) is 6.54 Å². The van der Waals surface area contributed by atoms with Crippen molar-refractivity contribution < 1.29 is 4.42 Å². The van der Waals surface area contributed by atoms with E-state index in [2.05, 4.69) is 15.5 Å². The maximum Gasteiger partial charge on any atom is 0.151 e. The summed E-state index contributed by atoms with van der Waals surface area (Å²) >= 11 is 1.64. The number of nitrogens with zero attached hydrogens (tertiary/aromatic N) is 2. The van der Waals surface area contributed by atoms with Crippen LogP contribution in [0.25, 0.3) is 10.6 Å². The monoisotopic (exact) mass is 249 g/mol. The smallest absolute Gasteiger partial charge is 0.151 e. The number of rotatable bonds is 4. The molecule has 0 saturated heterocycles. The highest BCUT2D eigenvalue weighted by Crippen LogP contribution is 2.29. The Kier molecular flexibility index (Phi) is 2.72. The number of aryl methyl sites for hydroxylation is 2. The maximum atomic E-state index is 5.51. The third-order valence-electron chi connectivity index (χ3n) is 2.86. The molecule has 0 unspecified atom stereocenters. The lowest BCUT2D eigenvalue weighted by atomic mass is 10.2. The predicted octanol–water partition coefficient (Wildman–Crippen LogP) is 2.67. The molecule has 0 atom stereocenters. The summed E-state index contributed by atoms with van der Waals surface area (Å²) in [6.07, 6.45) is 2.59. The molecule has 0 aliphatic heterocycles. The standard InChI is InChI=1S/C12H15N3OS/c1-7-5-10(8(2)16-7)12-15-14-11(17-12)6-13-9-3-4-9/h5,9,13H,3-4,6H2,1-2H3. The highest BCUT2D eigenvalue weighted by Gasteiger charge is 2.21. The zero-order chi connectivity index (χ0) is 11.8. The summed E-state index contributed by atoms with van der Waals surface area (Å²) in [7, 11) is 0. The van der Waals surface area contributed by atoms with Crippen LogP contribution in [-0.4, -0.2) is 16.2 Å². The van der Waals surface area contributed by atoms with E-state index in [4.69, 9.17) is 4.42 Å². The van der Waals surface area contributed by atoms with Crippen molar-refractivity contribution in [1.82, 2.24) is 15.5 Å². The molecule has 4 nitrogen and oxygen atoms in total. The maximum absolute atomic E-state index is 5.51. The van der Waals surface area contributed by atoms with Gasteiger partial charge in [0.25, 0.3) is 0 Å². The van der Waals surface area contributed by atoms with Crippen LogP contribution in [0.5, 0.6) is 0 Å². The van der Waals surface area contributed by atoms with Crippen molar-refractivity contribution in [3.63, 3.8) is 0 Å². The van der Waals surface area contributed by atoms with Crippen molar-refractivity contribution in [2.24, 2.45) is 0 Å². The fourth-order valence-electron chi connectivity index (χ4n) is 1.80. The Labute approximate surface area is 104 Å². The molecule has 2 heterocycles. The molecule has 0 radical (unpaired) electrons. The molecular weight excluding hydrogens is 234 g/mol. The Morgan fingerprint density at radius 3 is 2.88 bits per heavy atom. The lowest BCUT2D eigenvalue weighted by Crippen LogP contribution is -2.14. The average Bonchev–Trinajstić information content (AvgIpc) is 2.90. The molecule has 90 valence electrons. The van der Waals surface area contributed by atoms with Gasteiger partial charge in [0.05, 0.1) is 5.56 Å². The third kappa shape index (κ3) is 2.40. The van der Waals surface area contributed by atoms with Crippen molar-refractivity contribution in [3.05, 3.63) is 22.6 Å². The van der Waals surface area contributed by atoms with Crippen LogP contribution < -0.4 is 5.32 Å². The van der Waals surface area contributed by atoms with Gasteiger partial charge in [-0.25, -0.2) is 0 Å². The molecule has 0 aromatic carbocycles. The first-order valence-corrected chi connectivity index (χ1v) is 6.67. The fraction of sp³-hybridized carbons (Fsp3) is 0.500. The fourth-order valence-corrected chi connectivity index (χ4v) is 2.65. The van der Waals surface area contributed by atoms with E-state index < -0.39 is 0 Å². The van der Waals surface area contributed by atoms with E-state index in [1.807, 2.05) is 19.9 Å². The largest absolute Gasteiger partial charge is 0.466 e. The zero-order valence-electron chi connectivity index (χ0n) is 9.99. The van der Waals surface area contributed by atoms with Gasteiger partial charge in [-0.15, -0.1) is 10.2 Å². The molecule has 5 heteroatoms. The summed E-state index contributed by atoms with van der Waals surface area (Å²) in [6, 6.07) is 2.73. The number of aromatic nitrogens is 2. The molecule has 0 spiro atoms. The van der Waals surface area contributed by atoms with Gasteiger partial charge in [0.15, 0.2) is 5.01 Å². The molecule has 1 saturated carbocycles. The van der Waals surface area contributed by atoms with Crippen LogP contribution in [0.1, 0.15) is 29.4 Å². The van der Waals surface area contributed by atoms with Gasteiger partial charge in [-0.2, -0.15) is 0 Å². The quantitative estimate of drug-likeness (QED) is 0.905. The first-order chi connectivity index (χ1) is 8.22. The second-order valence-electron chi connectivity index (χ2n) is 4.48. The second-order valence-corrected chi connectivity index (χ2v) is 5.55. The van der Waals surface area contributed by atoms with Crippen LogP contribution in [0.3, 0.4) is 0 Å². The Bertz CT molecular complexity index is 528. The zero-order valence-corrected chi connectivity index (χ0v) is 10.8. The average molecular weight is 249 g/mol. The first kappa shape index (κ1) is 10.9. The summed E-state index contributed by atoms with van der Waals surface area (Å²) in [6.45, 7) is 4.75. The molecule has 3 rings (SSSR count). The van der Waals surface area contributed by atoms with Crippen LogP contribution in [0, 0.1) is 13.8 Å². The molecular formula is C12H15N3OS. The van der Waals surface area contributed by atoms with Crippen molar-refractivity contribution in [2.75, 3.05) is 0 Å². The normalized spacial score (nSPS) is 15.4. The van der Waals surface area contributed by atoms with E-state index >= 15 is 0 Å². The molecule has 0 bridgehead atoms. The summed E-state index contributed by atoms with van der Waals surface area (Å²) in [5.41, 5.74) is 1.07. The van der Waals surface area contributed by atoms with E-state index in [-0.39, 0.29) is 0 Å². The Balaban J connectivity index is 1.76. The van der Waals surface area contributed by atoms with E-state index in [1.165, 1.54) is 12.8 Å². The molecule has 1 aliphatic rings. The number of furan rings is 1. The Hall–Kier alpha value is -1.20. The number of hydrogen-bond donors (Lipinski definition) is 1. The van der Waals surface area contributed by atoms with Gasteiger partial charge in [0, 0.05) is 12.6 Å². The van der Waals surface area contributed by atoms with Crippen molar-refractivity contribution in [2.45, 2.75) is 39.3 Å². The lowest BCUT2D eigenvalue weighted by Gasteiger charge is -1.95. The SMILES string of the molecule is Cc1cc(-c2nnc(CNC3CC3)s2)c(C)o1. The van der Waals surface area contributed by atoms with Crippen LogP contribution in [0.15, 0.2) is 10.5 Å². The second kappa shape index (κ2) is 4.23. The molecule has 17 heavy (non-hydrogen) atoms. The van der Waals surface area contributed by atoms with Gasteiger partial charge >= 0.3 is 0 Å². The van der Waals surface area contributed by atoms with E-state index in [1.54, 1.807) is 11.3 Å². The third-order valence-corrected chi connectivity index (χ3v) is 3.81. The van der Waals surface area contributed by atoms with Gasteiger partial charge in [0.1, 0.15) is 16.5 Å². The number of hydrogen-bond acceptors (Lipinski definition) is 5. The highest BCUT2D eigenvalue weighted by atomic mass is 32.1. The van der Waals surface area contributed by atoms with Gasteiger partial charge in [-0.1, -0.05) is 11.3 Å². The molecule has 1 aliphatic carbocycles. The summed E-state index contributed by atoms with van der Waals surface area (Å²) in [5.74, 6) is 1.84. The highest BCUT2D eigenvalue weighted by molar-refractivity contribution is 7.14.